The molecule has 14 heavy (non-hydrogen) atoms. The number of aliphatic imine (C=N–C) groups is 1. The van der Waals surface area contributed by atoms with Gasteiger partial charge in [0.15, 0.2) is 0 Å². The highest BCUT2D eigenvalue weighted by Gasteiger charge is 2.11. The molecular formula is C7H9N5O2. The molecule has 7 heteroatoms. The van der Waals surface area contributed by atoms with Crippen molar-refractivity contribution in [2.24, 2.45) is 4.99 Å². The molecule has 0 spiro atoms. The molecule has 1 aromatic rings. The largest absolute Gasteiger partial charge is 0.439 e. The van der Waals surface area contributed by atoms with E-state index in [9.17, 15) is 4.79 Å². The maximum Gasteiger partial charge on any atom is 0.439 e. The van der Waals surface area contributed by atoms with Crippen molar-refractivity contribution in [2.45, 2.75) is 0 Å². The Morgan fingerprint density at radius 2 is 2.50 bits per heavy atom. The second-order valence-corrected chi connectivity index (χ2v) is 2.63. The van der Waals surface area contributed by atoms with Gasteiger partial charge in [-0.2, -0.15) is 0 Å². The van der Waals surface area contributed by atoms with E-state index in [1.807, 2.05) is 0 Å². The molecule has 1 aliphatic rings. The van der Waals surface area contributed by atoms with E-state index in [1.54, 1.807) is 13.1 Å². The quantitative estimate of drug-likeness (QED) is 0.549. The van der Waals surface area contributed by atoms with Crippen LogP contribution in [0.3, 0.4) is 0 Å². The Kier molecular flexibility index (Phi) is 2.05. The van der Waals surface area contributed by atoms with Crippen molar-refractivity contribution in [3.05, 3.63) is 28.3 Å². The number of rotatable bonds is 2. The first kappa shape index (κ1) is 8.54. The zero-order chi connectivity index (χ0) is 9.97. The Balaban J connectivity index is 2.31. The van der Waals surface area contributed by atoms with Crippen molar-refractivity contribution < 1.29 is 4.52 Å². The number of hydrogen-bond acceptors (Lipinski definition) is 6. The molecule has 74 valence electrons. The molecule has 0 saturated carbocycles. The maximum atomic E-state index is 10.7. The summed E-state index contributed by atoms with van der Waals surface area (Å²) < 4.78 is 4.37. The number of nitrogens with zero attached hydrogens (tertiary/aromatic N) is 2. The van der Waals surface area contributed by atoms with Crippen molar-refractivity contribution in [2.75, 3.05) is 13.7 Å². The van der Waals surface area contributed by atoms with Gasteiger partial charge in [-0.1, -0.05) is 5.16 Å². The summed E-state index contributed by atoms with van der Waals surface area (Å²) in [6, 6.07) is 0. The third-order valence-corrected chi connectivity index (χ3v) is 1.75. The van der Waals surface area contributed by atoms with Crippen LogP contribution in [0.2, 0.25) is 0 Å². The third-order valence-electron chi connectivity index (χ3n) is 1.75. The Morgan fingerprint density at radius 3 is 3.14 bits per heavy atom. The van der Waals surface area contributed by atoms with E-state index < -0.39 is 5.76 Å². The lowest BCUT2D eigenvalue weighted by Gasteiger charge is -2.12. The molecule has 1 aromatic heterocycles. The summed E-state index contributed by atoms with van der Waals surface area (Å²) in [4.78, 5) is 17.2. The van der Waals surface area contributed by atoms with E-state index in [4.69, 9.17) is 0 Å². The average molecular weight is 195 g/mol. The summed E-state index contributed by atoms with van der Waals surface area (Å²) in [6.45, 7) is 0.441. The molecule has 0 bridgehead atoms. The highest BCUT2D eigenvalue weighted by molar-refractivity contribution is 6.06. The van der Waals surface area contributed by atoms with Gasteiger partial charge in [-0.25, -0.2) is 4.79 Å². The van der Waals surface area contributed by atoms with E-state index in [1.165, 1.54) is 0 Å². The molecule has 2 rings (SSSR count). The van der Waals surface area contributed by atoms with Crippen LogP contribution >= 0.6 is 0 Å². The van der Waals surface area contributed by atoms with Crippen LogP contribution in [0.5, 0.6) is 0 Å². The molecule has 2 heterocycles. The van der Waals surface area contributed by atoms with Gasteiger partial charge in [-0.05, 0) is 0 Å². The fraction of sp³-hybridized carbons (Fsp3) is 0.286. The first-order chi connectivity index (χ1) is 6.79. The molecular weight excluding hydrogens is 186 g/mol. The van der Waals surface area contributed by atoms with E-state index in [0.717, 1.165) is 5.82 Å². The van der Waals surface area contributed by atoms with Crippen molar-refractivity contribution in [3.63, 3.8) is 0 Å². The summed E-state index contributed by atoms with van der Waals surface area (Å²) in [5.41, 5.74) is 0.582. The lowest BCUT2D eigenvalue weighted by atomic mass is 10.3. The summed E-state index contributed by atoms with van der Waals surface area (Å²) in [5.74, 6) is 0.573. The topological polar surface area (TPSA) is 95.3 Å². The number of H-pyrrole nitrogens is 1. The van der Waals surface area contributed by atoms with Crippen LogP contribution in [0.1, 0.15) is 5.82 Å². The standard InChI is InChI=1S/C7H9N5O2/c1-8-5-2-4(9-3-10-5)6-11-7(13)14-12-6/h2,8,10H,3H2,1H3,(H,11,12,13). The van der Waals surface area contributed by atoms with E-state index in [0.29, 0.717) is 18.2 Å². The normalized spacial score (nSPS) is 15.5. The third kappa shape index (κ3) is 1.51. The van der Waals surface area contributed by atoms with Crippen LogP contribution in [0.4, 0.5) is 0 Å². The molecule has 0 aromatic carbocycles. The van der Waals surface area contributed by atoms with E-state index in [2.05, 4.69) is 30.3 Å². The zero-order valence-electron chi connectivity index (χ0n) is 7.50. The fourth-order valence-electron chi connectivity index (χ4n) is 1.09. The summed E-state index contributed by atoms with van der Waals surface area (Å²) in [7, 11) is 1.79. The highest BCUT2D eigenvalue weighted by Crippen LogP contribution is 1.99. The van der Waals surface area contributed by atoms with Crippen LogP contribution in [-0.2, 0) is 0 Å². The van der Waals surface area contributed by atoms with E-state index in [-0.39, 0.29) is 0 Å². The number of hydrogen-bond donors (Lipinski definition) is 3. The van der Waals surface area contributed by atoms with Gasteiger partial charge in [0.25, 0.3) is 0 Å². The number of allylic oxidation sites excluding steroid dienone is 1. The maximum absolute atomic E-state index is 10.7. The van der Waals surface area contributed by atoms with Crippen molar-refractivity contribution in [1.82, 2.24) is 20.8 Å². The van der Waals surface area contributed by atoms with Gasteiger partial charge in [-0.15, -0.1) is 0 Å². The van der Waals surface area contributed by atoms with Crippen molar-refractivity contribution in [1.29, 1.82) is 0 Å². The van der Waals surface area contributed by atoms with Crippen LogP contribution in [0, 0.1) is 0 Å². The summed E-state index contributed by atoms with van der Waals surface area (Å²) in [5, 5.41) is 9.45. The van der Waals surface area contributed by atoms with Gasteiger partial charge in [0.1, 0.15) is 18.2 Å². The minimum atomic E-state index is -0.583. The van der Waals surface area contributed by atoms with Gasteiger partial charge in [0, 0.05) is 13.1 Å². The minimum absolute atomic E-state index is 0.337. The molecule has 0 unspecified atom stereocenters. The van der Waals surface area contributed by atoms with Gasteiger partial charge in [0.05, 0.1) is 0 Å². The monoisotopic (exact) mass is 195 g/mol. The molecule has 7 nitrogen and oxygen atoms in total. The Morgan fingerprint density at radius 1 is 1.64 bits per heavy atom. The van der Waals surface area contributed by atoms with Gasteiger partial charge in [-0.3, -0.25) is 14.5 Å². The SMILES string of the molecule is CNC1=CC(c2noc(=O)[nH]2)=NCN1. The molecule has 0 saturated heterocycles. The molecule has 0 aliphatic carbocycles. The van der Waals surface area contributed by atoms with Crippen molar-refractivity contribution >= 4 is 5.71 Å². The van der Waals surface area contributed by atoms with Gasteiger partial charge in [0.2, 0.25) is 5.82 Å². The minimum Gasteiger partial charge on any atom is -0.375 e. The molecule has 0 atom stereocenters. The smallest absolute Gasteiger partial charge is 0.375 e. The van der Waals surface area contributed by atoms with Crippen LogP contribution in [-0.4, -0.2) is 29.6 Å². The van der Waals surface area contributed by atoms with Crippen LogP contribution in [0.25, 0.3) is 0 Å². The Hall–Kier alpha value is -2.05. The molecule has 0 radical (unpaired) electrons. The summed E-state index contributed by atoms with van der Waals surface area (Å²) in [6.07, 6.45) is 1.73. The number of aromatic amines is 1. The Labute approximate surface area is 78.9 Å². The lowest BCUT2D eigenvalue weighted by Crippen LogP contribution is -2.29. The average Bonchev–Trinajstić information content (AvgIpc) is 2.65. The van der Waals surface area contributed by atoms with Crippen molar-refractivity contribution in [3.8, 4) is 0 Å². The molecule has 0 amide bonds. The lowest BCUT2D eigenvalue weighted by molar-refractivity contribution is 0.385. The second-order valence-electron chi connectivity index (χ2n) is 2.63. The summed E-state index contributed by atoms with van der Waals surface area (Å²) >= 11 is 0. The Bertz CT molecular complexity index is 441. The number of aromatic nitrogens is 2. The fourth-order valence-corrected chi connectivity index (χ4v) is 1.09. The molecule has 1 aliphatic heterocycles. The zero-order valence-corrected chi connectivity index (χ0v) is 7.50. The predicted octanol–water partition coefficient (Wildman–Crippen LogP) is -1.23. The van der Waals surface area contributed by atoms with E-state index >= 15 is 0 Å². The van der Waals surface area contributed by atoms with Crippen LogP contribution in [0.15, 0.2) is 26.2 Å². The first-order valence-corrected chi connectivity index (χ1v) is 4.04. The van der Waals surface area contributed by atoms with Gasteiger partial charge < -0.3 is 10.6 Å². The molecule has 0 fully saturated rings. The molecule has 3 N–H and O–H groups in total. The van der Waals surface area contributed by atoms with Gasteiger partial charge >= 0.3 is 5.76 Å². The first-order valence-electron chi connectivity index (χ1n) is 4.04. The predicted molar refractivity (Wildman–Crippen MR) is 48.8 cm³/mol. The highest BCUT2D eigenvalue weighted by atomic mass is 16.5. The second kappa shape index (κ2) is 3.36. The van der Waals surface area contributed by atoms with Crippen LogP contribution < -0.4 is 16.4 Å². The number of nitrogens with one attached hydrogen (secondary N) is 3.